The Labute approximate surface area is 128 Å². The molecule has 2 aliphatic carbocycles. The van der Waals surface area contributed by atoms with Crippen molar-refractivity contribution in [3.8, 4) is 0 Å². The van der Waals surface area contributed by atoms with E-state index in [4.69, 9.17) is 4.74 Å². The van der Waals surface area contributed by atoms with Gasteiger partial charge in [-0.1, -0.05) is 33.1 Å². The van der Waals surface area contributed by atoms with Gasteiger partial charge in [-0.3, -0.25) is 10.1 Å². The second-order valence-corrected chi connectivity index (χ2v) is 7.50. The van der Waals surface area contributed by atoms with Crippen molar-refractivity contribution < 1.29 is 9.53 Å². The van der Waals surface area contributed by atoms with Crippen LogP contribution in [0.5, 0.6) is 0 Å². The van der Waals surface area contributed by atoms with Crippen molar-refractivity contribution in [2.24, 2.45) is 5.92 Å². The van der Waals surface area contributed by atoms with Gasteiger partial charge in [-0.15, -0.1) is 0 Å². The summed E-state index contributed by atoms with van der Waals surface area (Å²) >= 11 is 0. The van der Waals surface area contributed by atoms with Crippen molar-refractivity contribution in [1.82, 2.24) is 10.2 Å². The first kappa shape index (κ1) is 15.3. The largest absolute Gasteiger partial charge is 0.376 e. The molecule has 4 nitrogen and oxygen atoms in total. The predicted octanol–water partition coefficient (Wildman–Crippen LogP) is 2.67. The Kier molecular flexibility index (Phi) is 4.55. The van der Waals surface area contributed by atoms with Crippen molar-refractivity contribution >= 4 is 5.91 Å². The third kappa shape index (κ3) is 3.42. The lowest BCUT2D eigenvalue weighted by Crippen LogP contribution is -2.40. The molecule has 1 spiro atoms. The fourth-order valence-electron chi connectivity index (χ4n) is 3.80. The van der Waals surface area contributed by atoms with Gasteiger partial charge in [0.25, 0.3) is 0 Å². The molecular weight excluding hydrogens is 264 g/mol. The highest BCUT2D eigenvalue weighted by Gasteiger charge is 2.58. The summed E-state index contributed by atoms with van der Waals surface area (Å²) in [5.74, 6) is 0.923. The smallest absolute Gasteiger partial charge is 0.244 e. The molecule has 1 saturated heterocycles. The molecule has 1 atom stereocenters. The molecule has 0 bridgehead atoms. The van der Waals surface area contributed by atoms with E-state index in [1.807, 2.05) is 0 Å². The van der Waals surface area contributed by atoms with Gasteiger partial charge in [-0.05, 0) is 38.0 Å². The molecule has 2 saturated carbocycles. The number of carbonyl (C=O) groups is 1. The van der Waals surface area contributed by atoms with Crippen LogP contribution in [0.3, 0.4) is 0 Å². The fourth-order valence-corrected chi connectivity index (χ4v) is 3.80. The molecule has 1 unspecified atom stereocenters. The van der Waals surface area contributed by atoms with E-state index in [1.54, 1.807) is 0 Å². The highest BCUT2D eigenvalue weighted by molar-refractivity contribution is 5.91. The monoisotopic (exact) mass is 294 g/mol. The molecule has 3 rings (SSSR count). The molecule has 1 N–H and O–H groups in total. The van der Waals surface area contributed by atoms with Crippen LogP contribution in [-0.4, -0.2) is 41.8 Å². The average Bonchev–Trinajstić information content (AvgIpc) is 3.19. The normalized spacial score (nSPS) is 28.8. The predicted molar refractivity (Wildman–Crippen MR) is 82.9 cm³/mol. The van der Waals surface area contributed by atoms with Gasteiger partial charge in [-0.25, -0.2) is 0 Å². The molecule has 0 aromatic heterocycles. The summed E-state index contributed by atoms with van der Waals surface area (Å²) in [6, 6.07) is 0. The summed E-state index contributed by atoms with van der Waals surface area (Å²) in [7, 11) is 0. The zero-order chi connectivity index (χ0) is 14.9. The number of carbonyl (C=O) groups excluding carboxylic acids is 1. The SMILES string of the molecule is CC(C)CC1NC2(CC2)C(=O)N1CCOC1CCCCC1. The Hall–Kier alpha value is -0.610. The van der Waals surface area contributed by atoms with E-state index in [0.29, 0.717) is 24.5 Å². The summed E-state index contributed by atoms with van der Waals surface area (Å²) < 4.78 is 6.01. The van der Waals surface area contributed by atoms with E-state index in [-0.39, 0.29) is 11.7 Å². The molecule has 0 radical (unpaired) electrons. The number of nitrogens with one attached hydrogen (secondary N) is 1. The minimum Gasteiger partial charge on any atom is -0.376 e. The Morgan fingerprint density at radius 3 is 2.62 bits per heavy atom. The van der Waals surface area contributed by atoms with Crippen molar-refractivity contribution in [2.45, 2.75) is 83.0 Å². The molecule has 4 heteroatoms. The quantitative estimate of drug-likeness (QED) is 0.819. The zero-order valence-electron chi connectivity index (χ0n) is 13.6. The minimum absolute atomic E-state index is 0.190. The zero-order valence-corrected chi connectivity index (χ0v) is 13.6. The van der Waals surface area contributed by atoms with Crippen LogP contribution in [-0.2, 0) is 9.53 Å². The van der Waals surface area contributed by atoms with E-state index in [0.717, 1.165) is 25.8 Å². The van der Waals surface area contributed by atoms with E-state index < -0.39 is 0 Å². The van der Waals surface area contributed by atoms with Gasteiger partial charge in [-0.2, -0.15) is 0 Å². The number of rotatable bonds is 6. The van der Waals surface area contributed by atoms with Crippen molar-refractivity contribution in [3.63, 3.8) is 0 Å². The highest BCUT2D eigenvalue weighted by Crippen LogP contribution is 2.42. The van der Waals surface area contributed by atoms with Crippen LogP contribution in [0, 0.1) is 5.92 Å². The molecule has 1 amide bonds. The van der Waals surface area contributed by atoms with Gasteiger partial charge in [0.15, 0.2) is 0 Å². The Balaban J connectivity index is 1.50. The van der Waals surface area contributed by atoms with E-state index >= 15 is 0 Å². The average molecular weight is 294 g/mol. The van der Waals surface area contributed by atoms with Crippen molar-refractivity contribution in [2.75, 3.05) is 13.2 Å². The third-order valence-electron chi connectivity index (χ3n) is 5.17. The van der Waals surface area contributed by atoms with Crippen LogP contribution in [0.25, 0.3) is 0 Å². The standard InChI is InChI=1S/C17H30N2O2/c1-13(2)12-15-18-17(8-9-17)16(20)19(15)10-11-21-14-6-4-3-5-7-14/h13-15,18H,3-12H2,1-2H3. The molecule has 3 fully saturated rings. The van der Waals surface area contributed by atoms with E-state index in [9.17, 15) is 4.79 Å². The van der Waals surface area contributed by atoms with Crippen LogP contribution in [0.2, 0.25) is 0 Å². The number of amides is 1. The second kappa shape index (κ2) is 6.25. The number of hydrogen-bond donors (Lipinski definition) is 1. The lowest BCUT2D eigenvalue weighted by molar-refractivity contribution is -0.132. The van der Waals surface area contributed by atoms with Gasteiger partial charge < -0.3 is 9.64 Å². The van der Waals surface area contributed by atoms with E-state index in [1.165, 1.54) is 32.1 Å². The van der Waals surface area contributed by atoms with Gasteiger partial charge in [0.1, 0.15) is 0 Å². The van der Waals surface area contributed by atoms with Crippen molar-refractivity contribution in [1.29, 1.82) is 0 Å². The molecule has 120 valence electrons. The third-order valence-corrected chi connectivity index (χ3v) is 5.17. The maximum absolute atomic E-state index is 12.6. The van der Waals surface area contributed by atoms with Gasteiger partial charge in [0, 0.05) is 6.54 Å². The fraction of sp³-hybridized carbons (Fsp3) is 0.941. The summed E-state index contributed by atoms with van der Waals surface area (Å²) in [4.78, 5) is 14.6. The topological polar surface area (TPSA) is 41.6 Å². The van der Waals surface area contributed by atoms with Crippen molar-refractivity contribution in [3.05, 3.63) is 0 Å². The molecule has 21 heavy (non-hydrogen) atoms. The van der Waals surface area contributed by atoms with Crippen LogP contribution < -0.4 is 5.32 Å². The Morgan fingerprint density at radius 2 is 2.00 bits per heavy atom. The molecule has 1 heterocycles. The molecule has 0 aromatic carbocycles. The first-order valence-corrected chi connectivity index (χ1v) is 8.81. The lowest BCUT2D eigenvalue weighted by atomic mass is 9.98. The first-order valence-electron chi connectivity index (χ1n) is 8.81. The minimum atomic E-state index is -0.190. The van der Waals surface area contributed by atoms with Crippen LogP contribution in [0.1, 0.15) is 65.2 Å². The lowest BCUT2D eigenvalue weighted by Gasteiger charge is -2.27. The van der Waals surface area contributed by atoms with Crippen LogP contribution >= 0.6 is 0 Å². The number of hydrogen-bond acceptors (Lipinski definition) is 3. The summed E-state index contributed by atoms with van der Waals surface area (Å²) in [6.45, 7) is 5.89. The maximum atomic E-state index is 12.6. The maximum Gasteiger partial charge on any atom is 0.244 e. The molecule has 1 aliphatic heterocycles. The second-order valence-electron chi connectivity index (χ2n) is 7.50. The van der Waals surface area contributed by atoms with Gasteiger partial charge in [0.2, 0.25) is 5.91 Å². The first-order chi connectivity index (χ1) is 10.1. The Morgan fingerprint density at radius 1 is 1.29 bits per heavy atom. The number of nitrogens with zero attached hydrogens (tertiary/aromatic N) is 1. The number of ether oxygens (including phenoxy) is 1. The van der Waals surface area contributed by atoms with E-state index in [2.05, 4.69) is 24.1 Å². The molecule has 0 aromatic rings. The van der Waals surface area contributed by atoms with Crippen LogP contribution in [0.4, 0.5) is 0 Å². The van der Waals surface area contributed by atoms with Gasteiger partial charge in [0.05, 0.1) is 24.4 Å². The molecule has 3 aliphatic rings. The summed E-state index contributed by atoms with van der Waals surface area (Å²) in [5, 5.41) is 3.58. The van der Waals surface area contributed by atoms with Gasteiger partial charge >= 0.3 is 0 Å². The Bertz CT molecular complexity index is 373. The summed E-state index contributed by atoms with van der Waals surface area (Å²) in [5.41, 5.74) is -0.190. The highest BCUT2D eigenvalue weighted by atomic mass is 16.5. The van der Waals surface area contributed by atoms with Crippen LogP contribution in [0.15, 0.2) is 0 Å². The summed E-state index contributed by atoms with van der Waals surface area (Å²) in [6.07, 6.45) is 10.1. The molecular formula is C17H30N2O2.